The van der Waals surface area contributed by atoms with Crippen molar-refractivity contribution in [2.75, 3.05) is 24.3 Å². The third kappa shape index (κ3) is 3.03. The van der Waals surface area contributed by atoms with Gasteiger partial charge in [-0.3, -0.25) is 0 Å². The summed E-state index contributed by atoms with van der Waals surface area (Å²) in [6, 6.07) is 6.09. The number of benzene rings is 1. The molecule has 0 aliphatic carbocycles. The summed E-state index contributed by atoms with van der Waals surface area (Å²) in [5.74, 6) is 0.807. The highest BCUT2D eigenvalue weighted by atomic mass is 16.5. The van der Waals surface area contributed by atoms with Crippen molar-refractivity contribution in [2.24, 2.45) is 0 Å². The van der Waals surface area contributed by atoms with Crippen molar-refractivity contribution in [3.8, 4) is 5.75 Å². The molecule has 0 radical (unpaired) electrons. The maximum Gasteiger partial charge on any atom is 0.123 e. The van der Waals surface area contributed by atoms with Crippen molar-refractivity contribution < 1.29 is 9.47 Å². The van der Waals surface area contributed by atoms with Crippen molar-refractivity contribution in [2.45, 2.75) is 32.4 Å². The maximum atomic E-state index is 5.85. The SMILES string of the molecule is CCOc1cc(N)cc(NC2CCOC2C)c1. The van der Waals surface area contributed by atoms with Gasteiger partial charge in [-0.1, -0.05) is 0 Å². The second-order valence-corrected chi connectivity index (χ2v) is 4.34. The Kier molecular flexibility index (Phi) is 3.74. The minimum atomic E-state index is 0.243. The van der Waals surface area contributed by atoms with Gasteiger partial charge in [0.15, 0.2) is 0 Å². The summed E-state index contributed by atoms with van der Waals surface area (Å²) in [6.45, 7) is 5.51. The van der Waals surface area contributed by atoms with E-state index in [0.717, 1.165) is 24.5 Å². The summed E-state index contributed by atoms with van der Waals surface area (Å²) in [4.78, 5) is 0. The molecule has 1 aliphatic rings. The Morgan fingerprint density at radius 1 is 1.47 bits per heavy atom. The van der Waals surface area contributed by atoms with Crippen LogP contribution in [-0.2, 0) is 4.74 Å². The van der Waals surface area contributed by atoms with Gasteiger partial charge < -0.3 is 20.5 Å². The number of rotatable bonds is 4. The van der Waals surface area contributed by atoms with Crippen LogP contribution >= 0.6 is 0 Å². The molecule has 4 heteroatoms. The summed E-state index contributed by atoms with van der Waals surface area (Å²) in [6.07, 6.45) is 1.27. The van der Waals surface area contributed by atoms with Crippen LogP contribution in [0.25, 0.3) is 0 Å². The molecule has 2 unspecified atom stereocenters. The molecule has 0 aromatic heterocycles. The fourth-order valence-electron chi connectivity index (χ4n) is 2.09. The van der Waals surface area contributed by atoms with E-state index >= 15 is 0 Å². The van der Waals surface area contributed by atoms with E-state index in [1.54, 1.807) is 0 Å². The molecule has 1 aromatic carbocycles. The van der Waals surface area contributed by atoms with E-state index in [1.165, 1.54) is 0 Å². The molecule has 2 rings (SSSR count). The maximum absolute atomic E-state index is 5.85. The third-order valence-electron chi connectivity index (χ3n) is 2.97. The van der Waals surface area contributed by atoms with E-state index in [2.05, 4.69) is 12.2 Å². The second kappa shape index (κ2) is 5.27. The first-order valence-electron chi connectivity index (χ1n) is 6.10. The van der Waals surface area contributed by atoms with Crippen molar-refractivity contribution in [1.29, 1.82) is 0 Å². The minimum Gasteiger partial charge on any atom is -0.494 e. The zero-order chi connectivity index (χ0) is 12.3. The van der Waals surface area contributed by atoms with E-state index in [-0.39, 0.29) is 6.10 Å². The molecule has 1 heterocycles. The van der Waals surface area contributed by atoms with Crippen molar-refractivity contribution in [3.63, 3.8) is 0 Å². The fraction of sp³-hybridized carbons (Fsp3) is 0.538. The van der Waals surface area contributed by atoms with E-state index in [4.69, 9.17) is 15.2 Å². The molecule has 3 N–H and O–H groups in total. The summed E-state index contributed by atoms with van der Waals surface area (Å²) in [7, 11) is 0. The van der Waals surface area contributed by atoms with Crippen LogP contribution in [-0.4, -0.2) is 25.4 Å². The van der Waals surface area contributed by atoms with Gasteiger partial charge in [-0.15, -0.1) is 0 Å². The zero-order valence-corrected chi connectivity index (χ0v) is 10.4. The molecule has 1 fully saturated rings. The standard InChI is InChI=1S/C13H20N2O2/c1-3-16-12-7-10(14)6-11(8-12)15-13-4-5-17-9(13)2/h6-9,13,15H,3-5,14H2,1-2H3. The molecule has 1 saturated heterocycles. The lowest BCUT2D eigenvalue weighted by molar-refractivity contribution is 0.121. The molecular formula is C13H20N2O2. The summed E-state index contributed by atoms with van der Waals surface area (Å²) in [5, 5.41) is 3.45. The Balaban J connectivity index is 2.09. The summed E-state index contributed by atoms with van der Waals surface area (Å²) in [5.41, 5.74) is 7.56. The molecule has 94 valence electrons. The topological polar surface area (TPSA) is 56.5 Å². The van der Waals surface area contributed by atoms with Gasteiger partial charge in [-0.25, -0.2) is 0 Å². The molecule has 1 aliphatic heterocycles. The lowest BCUT2D eigenvalue weighted by atomic mass is 10.1. The number of anilines is 2. The van der Waals surface area contributed by atoms with Crippen LogP contribution in [0.3, 0.4) is 0 Å². The molecule has 17 heavy (non-hydrogen) atoms. The van der Waals surface area contributed by atoms with Gasteiger partial charge in [0, 0.05) is 30.1 Å². The number of nitrogens with one attached hydrogen (secondary N) is 1. The van der Waals surface area contributed by atoms with Gasteiger partial charge in [0.1, 0.15) is 5.75 Å². The third-order valence-corrected chi connectivity index (χ3v) is 2.97. The Hall–Kier alpha value is -1.42. The number of hydrogen-bond donors (Lipinski definition) is 2. The molecule has 4 nitrogen and oxygen atoms in total. The van der Waals surface area contributed by atoms with Gasteiger partial charge in [0.05, 0.1) is 18.8 Å². The average Bonchev–Trinajstić information content (AvgIpc) is 2.64. The number of hydrogen-bond acceptors (Lipinski definition) is 4. The van der Waals surface area contributed by atoms with Gasteiger partial charge in [-0.05, 0) is 26.3 Å². The zero-order valence-electron chi connectivity index (χ0n) is 10.4. The molecule has 0 bridgehead atoms. The first-order valence-corrected chi connectivity index (χ1v) is 6.10. The largest absolute Gasteiger partial charge is 0.494 e. The van der Waals surface area contributed by atoms with Gasteiger partial charge in [0.2, 0.25) is 0 Å². The van der Waals surface area contributed by atoms with Crippen molar-refractivity contribution in [1.82, 2.24) is 0 Å². The average molecular weight is 236 g/mol. The van der Waals surface area contributed by atoms with Crippen LogP contribution < -0.4 is 15.8 Å². The van der Waals surface area contributed by atoms with Crippen LogP contribution in [0.1, 0.15) is 20.3 Å². The molecular weight excluding hydrogens is 216 g/mol. The van der Waals surface area contributed by atoms with E-state index in [0.29, 0.717) is 18.3 Å². The number of ether oxygens (including phenoxy) is 2. The lowest BCUT2D eigenvalue weighted by Gasteiger charge is -2.18. The molecule has 1 aromatic rings. The Labute approximate surface area is 102 Å². The highest BCUT2D eigenvalue weighted by Crippen LogP contribution is 2.25. The first kappa shape index (κ1) is 12.0. The van der Waals surface area contributed by atoms with E-state index < -0.39 is 0 Å². The van der Waals surface area contributed by atoms with E-state index in [1.807, 2.05) is 25.1 Å². The van der Waals surface area contributed by atoms with Gasteiger partial charge in [-0.2, -0.15) is 0 Å². The van der Waals surface area contributed by atoms with Crippen LogP contribution in [0.5, 0.6) is 5.75 Å². The van der Waals surface area contributed by atoms with E-state index in [9.17, 15) is 0 Å². The summed E-state index contributed by atoms with van der Waals surface area (Å²) >= 11 is 0. The number of nitrogen functional groups attached to an aromatic ring is 1. The van der Waals surface area contributed by atoms with Crippen LogP contribution in [0.4, 0.5) is 11.4 Å². The normalized spacial score (nSPS) is 23.6. The minimum absolute atomic E-state index is 0.243. The highest BCUT2D eigenvalue weighted by Gasteiger charge is 2.23. The Morgan fingerprint density at radius 2 is 2.29 bits per heavy atom. The van der Waals surface area contributed by atoms with Crippen LogP contribution in [0, 0.1) is 0 Å². The number of nitrogens with two attached hydrogens (primary N) is 1. The fourth-order valence-corrected chi connectivity index (χ4v) is 2.09. The molecule has 2 atom stereocenters. The van der Waals surface area contributed by atoms with Crippen LogP contribution in [0.2, 0.25) is 0 Å². The molecule has 0 saturated carbocycles. The van der Waals surface area contributed by atoms with Crippen LogP contribution in [0.15, 0.2) is 18.2 Å². The Morgan fingerprint density at radius 3 is 2.94 bits per heavy atom. The van der Waals surface area contributed by atoms with Crippen molar-refractivity contribution >= 4 is 11.4 Å². The van der Waals surface area contributed by atoms with Gasteiger partial charge in [0.25, 0.3) is 0 Å². The smallest absolute Gasteiger partial charge is 0.123 e. The Bertz CT molecular complexity index is 382. The summed E-state index contributed by atoms with van der Waals surface area (Å²) < 4.78 is 11.0. The molecule has 0 spiro atoms. The lowest BCUT2D eigenvalue weighted by Crippen LogP contribution is -2.26. The van der Waals surface area contributed by atoms with Crippen molar-refractivity contribution in [3.05, 3.63) is 18.2 Å². The highest BCUT2D eigenvalue weighted by molar-refractivity contribution is 5.59. The monoisotopic (exact) mass is 236 g/mol. The molecule has 0 amide bonds. The quantitative estimate of drug-likeness (QED) is 0.787. The first-order chi connectivity index (χ1) is 8.19. The predicted octanol–water partition coefficient (Wildman–Crippen LogP) is 2.26. The van der Waals surface area contributed by atoms with Gasteiger partial charge >= 0.3 is 0 Å². The predicted molar refractivity (Wildman–Crippen MR) is 69.5 cm³/mol. The second-order valence-electron chi connectivity index (χ2n) is 4.34.